The number of hydrogen-bond donors (Lipinski definition) is 0. The second-order valence-corrected chi connectivity index (χ2v) is 14.2. The first-order valence-corrected chi connectivity index (χ1v) is 16.5. The highest BCUT2D eigenvalue weighted by Gasteiger charge is 2.59. The number of halogens is 3. The summed E-state index contributed by atoms with van der Waals surface area (Å²) in [6, 6.07) is 3.88. The van der Waals surface area contributed by atoms with Crippen molar-refractivity contribution in [3.63, 3.8) is 0 Å². The molecular formula is C34H41F3N6O3. The van der Waals surface area contributed by atoms with Crippen LogP contribution in [0.2, 0.25) is 0 Å². The number of carbonyl (C=O) groups excluding carboxylic acids is 1. The number of ether oxygens (including phenoxy) is 2. The lowest BCUT2D eigenvalue weighted by Gasteiger charge is -2.55. The maximum absolute atomic E-state index is 16.1. The predicted molar refractivity (Wildman–Crippen MR) is 166 cm³/mol. The van der Waals surface area contributed by atoms with Crippen LogP contribution in [-0.4, -0.2) is 102 Å². The molecule has 6 aliphatic heterocycles. The lowest BCUT2D eigenvalue weighted by atomic mass is 9.81. The maximum atomic E-state index is 16.1. The number of anilines is 2. The van der Waals surface area contributed by atoms with E-state index < -0.39 is 23.3 Å². The van der Waals surface area contributed by atoms with Gasteiger partial charge in [-0.3, -0.25) is 14.7 Å². The minimum absolute atomic E-state index is 0.0788. The van der Waals surface area contributed by atoms with E-state index in [-0.39, 0.29) is 36.5 Å². The summed E-state index contributed by atoms with van der Waals surface area (Å²) in [7, 11) is 0. The smallest absolute Gasteiger partial charge is 0.280 e. The van der Waals surface area contributed by atoms with Crippen LogP contribution < -0.4 is 9.80 Å². The van der Waals surface area contributed by atoms with E-state index in [1.807, 2.05) is 18.3 Å². The molecule has 2 aromatic rings. The zero-order valence-corrected chi connectivity index (χ0v) is 26.5. The van der Waals surface area contributed by atoms with Gasteiger partial charge >= 0.3 is 0 Å². The third-order valence-electron chi connectivity index (χ3n) is 11.3. The van der Waals surface area contributed by atoms with Crippen LogP contribution in [0.1, 0.15) is 60.7 Å². The molecule has 0 aromatic carbocycles. The topological polar surface area (TPSA) is 74.3 Å². The largest absolute Gasteiger partial charge is 0.374 e. The molecular weight excluding hydrogens is 597 g/mol. The predicted octanol–water partition coefficient (Wildman–Crippen LogP) is 4.04. The zero-order chi connectivity index (χ0) is 32.0. The lowest BCUT2D eigenvalue weighted by Crippen LogP contribution is -2.70. The van der Waals surface area contributed by atoms with Gasteiger partial charge in [-0.15, -0.1) is 0 Å². The average Bonchev–Trinajstić information content (AvgIpc) is 3.27. The zero-order valence-electron chi connectivity index (χ0n) is 26.5. The molecule has 6 aliphatic rings. The SMILES string of the molecule is C=CC(=O)N1CCN(C2CN3c4cc(N5CCC6(CC5)OC5(COC5)c5nccc(C)c56)nc(C(F)F)c4CC(C)(F)CC23)CC1. The summed E-state index contributed by atoms with van der Waals surface area (Å²) in [6.07, 6.45) is 1.85. The van der Waals surface area contributed by atoms with Crippen LogP contribution in [-0.2, 0) is 31.9 Å². The van der Waals surface area contributed by atoms with Gasteiger partial charge in [-0.25, -0.2) is 18.2 Å². The van der Waals surface area contributed by atoms with Gasteiger partial charge in [0.15, 0.2) is 5.60 Å². The normalized spacial score (nSPS) is 29.6. The van der Waals surface area contributed by atoms with Crippen molar-refractivity contribution in [2.24, 2.45) is 0 Å². The van der Waals surface area contributed by atoms with Crippen molar-refractivity contribution in [1.29, 1.82) is 0 Å². The Hall–Kier alpha value is -3.22. The van der Waals surface area contributed by atoms with Gasteiger partial charge in [-0.05, 0) is 44.4 Å². The van der Waals surface area contributed by atoms with Gasteiger partial charge in [-0.2, -0.15) is 0 Å². The number of piperidine rings is 1. The third-order valence-corrected chi connectivity index (χ3v) is 11.3. The van der Waals surface area contributed by atoms with Crippen LogP contribution >= 0.6 is 0 Å². The first-order valence-electron chi connectivity index (χ1n) is 16.5. The van der Waals surface area contributed by atoms with Crippen LogP contribution in [0.25, 0.3) is 0 Å². The minimum atomic E-state index is -2.82. The Morgan fingerprint density at radius 3 is 2.50 bits per heavy atom. The van der Waals surface area contributed by atoms with Gasteiger partial charge in [0, 0.05) is 99.8 Å². The summed E-state index contributed by atoms with van der Waals surface area (Å²) in [4.78, 5) is 29.7. The van der Waals surface area contributed by atoms with Crippen molar-refractivity contribution >= 4 is 17.4 Å². The summed E-state index contributed by atoms with van der Waals surface area (Å²) < 4.78 is 57.9. The summed E-state index contributed by atoms with van der Waals surface area (Å²) in [5.41, 5.74) is 1.28. The molecule has 4 fully saturated rings. The Bertz CT molecular complexity index is 1570. The second kappa shape index (κ2) is 10.6. The van der Waals surface area contributed by atoms with E-state index in [2.05, 4.69) is 33.2 Å². The molecule has 3 atom stereocenters. The number of amides is 1. The van der Waals surface area contributed by atoms with E-state index in [1.54, 1.807) is 4.90 Å². The molecule has 8 heterocycles. The molecule has 46 heavy (non-hydrogen) atoms. The molecule has 2 spiro atoms. The number of piperazine rings is 1. The highest BCUT2D eigenvalue weighted by atomic mass is 19.3. The first-order chi connectivity index (χ1) is 22.0. The standard InChI is InChI=1S/C34H41F3N6O3/c1-4-27(44)42-13-11-40(12-14-42)25-18-43-23-15-26(39-29(31(35)36)22(23)16-32(3,37)17-24(25)43)41-9-6-33(7-10-41)28-21(2)5-8-38-30(28)34(46-33)19-45-20-34/h4-5,8,15,24-25,31H,1,6-7,9-14,16-20H2,2-3H3. The van der Waals surface area contributed by atoms with Gasteiger partial charge < -0.3 is 24.2 Å². The molecule has 0 aliphatic carbocycles. The number of aryl methyl sites for hydroxylation is 1. The fourth-order valence-electron chi connectivity index (χ4n) is 8.92. The van der Waals surface area contributed by atoms with Crippen molar-refractivity contribution in [3.05, 3.63) is 59.1 Å². The van der Waals surface area contributed by atoms with E-state index in [0.717, 1.165) is 16.8 Å². The molecule has 0 bridgehead atoms. The molecule has 0 saturated carbocycles. The fraction of sp³-hybridized carbons (Fsp3) is 0.618. The van der Waals surface area contributed by atoms with E-state index in [1.165, 1.54) is 13.0 Å². The van der Waals surface area contributed by atoms with E-state index in [4.69, 9.17) is 14.5 Å². The van der Waals surface area contributed by atoms with Crippen LogP contribution in [0.3, 0.4) is 0 Å². The molecule has 1 amide bonds. The number of carbonyl (C=O) groups is 1. The summed E-state index contributed by atoms with van der Waals surface area (Å²) >= 11 is 0. The highest BCUT2D eigenvalue weighted by Crippen LogP contribution is 2.55. The number of aromatic nitrogens is 2. The van der Waals surface area contributed by atoms with Crippen LogP contribution in [0.5, 0.6) is 0 Å². The molecule has 9 nitrogen and oxygen atoms in total. The molecule has 246 valence electrons. The Balaban J connectivity index is 1.06. The Labute approximate surface area is 267 Å². The van der Waals surface area contributed by atoms with Crippen molar-refractivity contribution in [3.8, 4) is 0 Å². The summed E-state index contributed by atoms with van der Waals surface area (Å²) in [5.74, 6) is 0.429. The van der Waals surface area contributed by atoms with Crippen molar-refractivity contribution in [2.75, 3.05) is 68.8 Å². The van der Waals surface area contributed by atoms with Gasteiger partial charge in [0.1, 0.15) is 22.8 Å². The lowest BCUT2D eigenvalue weighted by molar-refractivity contribution is -0.260. The quantitative estimate of drug-likeness (QED) is 0.465. The van der Waals surface area contributed by atoms with E-state index in [0.29, 0.717) is 88.9 Å². The monoisotopic (exact) mass is 638 g/mol. The van der Waals surface area contributed by atoms with Gasteiger partial charge in [0.25, 0.3) is 6.43 Å². The van der Waals surface area contributed by atoms with E-state index >= 15 is 4.39 Å². The Kier molecular flexibility index (Phi) is 6.98. The molecule has 0 N–H and O–H groups in total. The average molecular weight is 639 g/mol. The number of rotatable bonds is 4. The Morgan fingerprint density at radius 2 is 1.85 bits per heavy atom. The number of hydrogen-bond acceptors (Lipinski definition) is 8. The molecule has 12 heteroatoms. The van der Waals surface area contributed by atoms with Gasteiger partial charge in [0.05, 0.1) is 18.9 Å². The fourth-order valence-corrected chi connectivity index (χ4v) is 8.92. The molecule has 8 rings (SSSR count). The van der Waals surface area contributed by atoms with Crippen LogP contribution in [0.15, 0.2) is 31.0 Å². The number of nitrogens with zero attached hydrogens (tertiary/aromatic N) is 6. The second-order valence-electron chi connectivity index (χ2n) is 14.2. The van der Waals surface area contributed by atoms with E-state index in [9.17, 15) is 13.6 Å². The van der Waals surface area contributed by atoms with Crippen molar-refractivity contribution < 1.29 is 27.4 Å². The van der Waals surface area contributed by atoms with Crippen LogP contribution in [0, 0.1) is 6.92 Å². The number of fused-ring (bicyclic) bond motifs is 6. The number of pyridine rings is 2. The minimum Gasteiger partial charge on any atom is -0.374 e. The Morgan fingerprint density at radius 1 is 1.11 bits per heavy atom. The number of alkyl halides is 3. The van der Waals surface area contributed by atoms with Crippen molar-refractivity contribution in [1.82, 2.24) is 19.8 Å². The maximum Gasteiger partial charge on any atom is 0.280 e. The van der Waals surface area contributed by atoms with Crippen molar-refractivity contribution in [2.45, 2.75) is 74.9 Å². The summed E-state index contributed by atoms with van der Waals surface area (Å²) in [5, 5.41) is 0. The molecule has 2 aromatic heterocycles. The molecule has 0 radical (unpaired) electrons. The molecule has 4 saturated heterocycles. The molecule has 3 unspecified atom stereocenters. The van der Waals surface area contributed by atoms with Gasteiger partial charge in [-0.1, -0.05) is 6.58 Å². The third kappa shape index (κ3) is 4.57. The van der Waals surface area contributed by atoms with Gasteiger partial charge in [0.2, 0.25) is 5.91 Å². The highest BCUT2D eigenvalue weighted by molar-refractivity contribution is 5.87. The first kappa shape index (κ1) is 30.1. The summed E-state index contributed by atoms with van der Waals surface area (Å²) in [6.45, 7) is 12.5. The van der Waals surface area contributed by atoms with Crippen LogP contribution in [0.4, 0.5) is 24.7 Å².